The van der Waals surface area contributed by atoms with Crippen LogP contribution in [0.5, 0.6) is 0 Å². The zero-order valence-electron chi connectivity index (χ0n) is 18.4. The number of nitrogens with zero attached hydrogens (tertiary/aromatic N) is 3. The van der Waals surface area contributed by atoms with Gasteiger partial charge in [-0.05, 0) is 52.9 Å². The lowest BCUT2D eigenvalue weighted by molar-refractivity contribution is -0.140. The summed E-state index contributed by atoms with van der Waals surface area (Å²) in [4.78, 5) is 45.6. The van der Waals surface area contributed by atoms with Gasteiger partial charge >= 0.3 is 22.5 Å². The highest BCUT2D eigenvalue weighted by molar-refractivity contribution is 7.80. The van der Waals surface area contributed by atoms with Crippen molar-refractivity contribution in [1.82, 2.24) is 20.3 Å². The van der Waals surface area contributed by atoms with Crippen molar-refractivity contribution < 1.29 is 41.2 Å². The minimum atomic E-state index is -4.86. The molecule has 0 unspecified atom stereocenters. The van der Waals surface area contributed by atoms with Crippen LogP contribution in [0.2, 0.25) is 0 Å². The van der Waals surface area contributed by atoms with Crippen LogP contribution in [0.1, 0.15) is 52.9 Å². The van der Waals surface area contributed by atoms with Gasteiger partial charge in [0.25, 0.3) is 5.91 Å². The number of fused-ring (bicyclic) bond motifs is 2. The smallest absolute Gasteiger partial charge is 0.418 e. The Labute approximate surface area is 186 Å². The molecule has 3 saturated heterocycles. The molecule has 0 aromatic heterocycles. The summed E-state index contributed by atoms with van der Waals surface area (Å²) >= 11 is 0. The van der Waals surface area contributed by atoms with Crippen LogP contribution in [0.4, 0.5) is 9.59 Å². The third-order valence-corrected chi connectivity index (χ3v) is 5.85. The molecule has 182 valence electrons. The number of piperidine rings is 2. The van der Waals surface area contributed by atoms with Crippen molar-refractivity contribution in [2.45, 2.75) is 76.6 Å². The van der Waals surface area contributed by atoms with Crippen molar-refractivity contribution in [3.05, 3.63) is 0 Å². The van der Waals surface area contributed by atoms with Crippen molar-refractivity contribution in [3.8, 4) is 0 Å². The second-order valence-corrected chi connectivity index (χ2v) is 10.1. The van der Waals surface area contributed by atoms with E-state index in [2.05, 4.69) is 9.76 Å². The van der Waals surface area contributed by atoms with E-state index in [4.69, 9.17) is 14.1 Å². The van der Waals surface area contributed by atoms with Crippen LogP contribution in [0.3, 0.4) is 0 Å². The highest BCUT2D eigenvalue weighted by Gasteiger charge is 2.49. The van der Waals surface area contributed by atoms with Gasteiger partial charge in [0, 0.05) is 13.1 Å². The standard InChI is InChI=1S/C18H30N4O9S/c1-18(2,3)30-17(25)20-9-5-4-6-13(20)11-29-19-15(23)14-8-7-12-10-21(14)16(24)22(12)31-32(26,27)28/h12-14H,4-11H2,1-3H3,(H,19,23)(H,26,27,28)/t12-,13-,14+/m1/s1. The third-order valence-electron chi connectivity index (χ3n) is 5.50. The highest BCUT2D eigenvalue weighted by atomic mass is 32.3. The molecule has 0 radical (unpaired) electrons. The van der Waals surface area contributed by atoms with Gasteiger partial charge in [-0.15, -0.1) is 4.28 Å². The molecule has 2 bridgehead atoms. The maximum Gasteiger partial charge on any atom is 0.418 e. The number of hydrogen-bond donors (Lipinski definition) is 2. The number of urea groups is 1. The normalized spacial score (nSPS) is 26.3. The van der Waals surface area contributed by atoms with Crippen molar-refractivity contribution in [2.75, 3.05) is 19.7 Å². The molecule has 3 atom stereocenters. The van der Waals surface area contributed by atoms with Crippen LogP contribution in [-0.2, 0) is 29.1 Å². The molecular weight excluding hydrogens is 448 g/mol. The van der Waals surface area contributed by atoms with Gasteiger partial charge in [-0.3, -0.25) is 14.2 Å². The summed E-state index contributed by atoms with van der Waals surface area (Å²) in [6.45, 7) is 6.05. The first-order chi connectivity index (χ1) is 14.9. The van der Waals surface area contributed by atoms with E-state index in [9.17, 15) is 22.8 Å². The van der Waals surface area contributed by atoms with Crippen LogP contribution in [0, 0.1) is 0 Å². The molecule has 2 N–H and O–H groups in total. The minimum Gasteiger partial charge on any atom is -0.444 e. The van der Waals surface area contributed by atoms with Crippen LogP contribution in [0.15, 0.2) is 0 Å². The second kappa shape index (κ2) is 9.37. The number of nitrogens with one attached hydrogen (secondary N) is 1. The van der Waals surface area contributed by atoms with Crippen LogP contribution in [0.25, 0.3) is 0 Å². The van der Waals surface area contributed by atoms with E-state index < -0.39 is 46.1 Å². The Morgan fingerprint density at radius 3 is 2.56 bits per heavy atom. The number of ether oxygens (including phenoxy) is 1. The Bertz CT molecular complexity index is 844. The van der Waals surface area contributed by atoms with Gasteiger partial charge in [-0.25, -0.2) is 15.1 Å². The molecule has 3 aliphatic heterocycles. The Balaban J connectivity index is 1.52. The first-order valence-electron chi connectivity index (χ1n) is 10.5. The quantitative estimate of drug-likeness (QED) is 0.417. The molecule has 0 aromatic carbocycles. The third kappa shape index (κ3) is 5.99. The van der Waals surface area contributed by atoms with Crippen LogP contribution < -0.4 is 5.48 Å². The second-order valence-electron chi connectivity index (χ2n) is 9.11. The van der Waals surface area contributed by atoms with Gasteiger partial charge in [0.15, 0.2) is 0 Å². The molecule has 3 aliphatic rings. The fourth-order valence-corrected chi connectivity index (χ4v) is 4.50. The predicted molar refractivity (Wildman–Crippen MR) is 108 cm³/mol. The average molecular weight is 479 g/mol. The monoisotopic (exact) mass is 478 g/mol. The fourth-order valence-electron chi connectivity index (χ4n) is 4.12. The minimum absolute atomic E-state index is 0.0618. The van der Waals surface area contributed by atoms with E-state index in [1.807, 2.05) is 0 Å². The maximum atomic E-state index is 12.6. The average Bonchev–Trinajstić information content (AvgIpc) is 2.90. The van der Waals surface area contributed by atoms with Crippen molar-refractivity contribution >= 4 is 28.4 Å². The molecule has 3 heterocycles. The van der Waals surface area contributed by atoms with Gasteiger partial charge in [-0.1, -0.05) is 0 Å². The molecule has 3 rings (SSSR count). The summed E-state index contributed by atoms with van der Waals surface area (Å²) in [5.41, 5.74) is 1.71. The number of hydrogen-bond acceptors (Lipinski definition) is 8. The van der Waals surface area contributed by atoms with E-state index >= 15 is 0 Å². The lowest BCUT2D eigenvalue weighted by Gasteiger charge is -2.36. The van der Waals surface area contributed by atoms with Gasteiger partial charge in [-0.2, -0.15) is 13.5 Å². The predicted octanol–water partition coefficient (Wildman–Crippen LogP) is 0.827. The zero-order valence-corrected chi connectivity index (χ0v) is 19.2. The Kier molecular flexibility index (Phi) is 7.17. The van der Waals surface area contributed by atoms with Gasteiger partial charge in [0.1, 0.15) is 11.6 Å². The first kappa shape index (κ1) is 24.5. The molecule has 13 nitrogen and oxygen atoms in total. The molecule has 3 fully saturated rings. The van der Waals surface area contributed by atoms with Crippen molar-refractivity contribution in [1.29, 1.82) is 0 Å². The lowest BCUT2D eigenvalue weighted by atomic mass is 10.0. The summed E-state index contributed by atoms with van der Waals surface area (Å²) in [6, 6.07) is -2.54. The fraction of sp³-hybridized carbons (Fsp3) is 0.833. The molecule has 14 heteroatoms. The summed E-state index contributed by atoms with van der Waals surface area (Å²) in [5, 5.41) is 0.574. The van der Waals surface area contributed by atoms with E-state index in [-0.39, 0.29) is 25.6 Å². The number of carbonyl (C=O) groups excluding carboxylic acids is 3. The van der Waals surface area contributed by atoms with Crippen LogP contribution >= 0.6 is 0 Å². The Hall–Kier alpha value is -2.16. The molecule has 32 heavy (non-hydrogen) atoms. The molecule has 0 saturated carbocycles. The van der Waals surface area contributed by atoms with Crippen molar-refractivity contribution in [2.24, 2.45) is 0 Å². The van der Waals surface area contributed by atoms with Gasteiger partial charge in [0.05, 0.1) is 18.7 Å². The summed E-state index contributed by atoms with van der Waals surface area (Å²) in [6.07, 6.45) is 2.61. The topological polar surface area (TPSA) is 155 Å². The van der Waals surface area contributed by atoms with Crippen molar-refractivity contribution in [3.63, 3.8) is 0 Å². The molecule has 0 aromatic rings. The van der Waals surface area contributed by atoms with Gasteiger partial charge in [0.2, 0.25) is 0 Å². The largest absolute Gasteiger partial charge is 0.444 e. The van der Waals surface area contributed by atoms with E-state index in [1.54, 1.807) is 25.7 Å². The molecule has 0 aliphatic carbocycles. The van der Waals surface area contributed by atoms with Gasteiger partial charge < -0.3 is 14.5 Å². The zero-order chi connectivity index (χ0) is 23.7. The number of hydroxylamine groups is 3. The SMILES string of the molecule is CC(C)(C)OC(=O)N1CCCC[C@@H]1CONC(=O)[C@@H]1CC[C@@H]2CN1C(=O)N2OS(=O)(=O)O. The summed E-state index contributed by atoms with van der Waals surface area (Å²) in [5.74, 6) is -0.565. The van der Waals surface area contributed by atoms with E-state index in [0.717, 1.165) is 12.8 Å². The summed E-state index contributed by atoms with van der Waals surface area (Å²) < 4.78 is 40.6. The summed E-state index contributed by atoms with van der Waals surface area (Å²) in [7, 11) is -4.86. The first-order valence-corrected chi connectivity index (χ1v) is 11.9. The number of likely N-dealkylation sites (tertiary alicyclic amines) is 1. The molecule has 4 amide bonds. The maximum absolute atomic E-state index is 12.6. The Morgan fingerprint density at radius 1 is 1.19 bits per heavy atom. The van der Waals surface area contributed by atoms with E-state index in [1.165, 1.54) is 4.90 Å². The molecule has 0 spiro atoms. The Morgan fingerprint density at radius 2 is 1.91 bits per heavy atom. The lowest BCUT2D eigenvalue weighted by Crippen LogP contribution is -2.52. The number of amides is 4. The number of rotatable bonds is 6. The van der Waals surface area contributed by atoms with E-state index in [0.29, 0.717) is 24.4 Å². The molecular formula is C18H30N4O9S. The van der Waals surface area contributed by atoms with Crippen LogP contribution in [-0.4, -0.2) is 89.3 Å². The number of carbonyl (C=O) groups is 3. The highest BCUT2D eigenvalue weighted by Crippen LogP contribution is 2.30.